The first kappa shape index (κ1) is 12.0. The first-order valence-corrected chi connectivity index (χ1v) is 7.91. The van der Waals surface area contributed by atoms with Crippen molar-refractivity contribution in [1.82, 2.24) is 10.2 Å². The van der Waals surface area contributed by atoms with E-state index in [0.717, 1.165) is 18.0 Å². The largest absolute Gasteiger partial charge is 0.314 e. The van der Waals surface area contributed by atoms with Crippen LogP contribution in [0.5, 0.6) is 0 Å². The van der Waals surface area contributed by atoms with E-state index >= 15 is 0 Å². The molecule has 3 fully saturated rings. The van der Waals surface area contributed by atoms with E-state index in [0.29, 0.717) is 0 Å². The molecule has 3 aliphatic rings. The van der Waals surface area contributed by atoms with E-state index in [1.807, 2.05) is 0 Å². The molecule has 0 aromatic heterocycles. The lowest BCUT2D eigenvalue weighted by atomic mass is 9.96. The third-order valence-electron chi connectivity index (χ3n) is 5.29. The van der Waals surface area contributed by atoms with Crippen LogP contribution in [0.15, 0.2) is 0 Å². The Labute approximate surface area is 106 Å². The number of likely N-dealkylation sites (tertiary alicyclic amines) is 1. The van der Waals surface area contributed by atoms with E-state index < -0.39 is 0 Å². The quantitative estimate of drug-likeness (QED) is 0.807. The highest BCUT2D eigenvalue weighted by Gasteiger charge is 2.33. The summed E-state index contributed by atoms with van der Waals surface area (Å²) in [5.74, 6) is 1.05. The summed E-state index contributed by atoms with van der Waals surface area (Å²) in [7, 11) is 0. The Morgan fingerprint density at radius 1 is 0.941 bits per heavy atom. The Morgan fingerprint density at radius 3 is 2.59 bits per heavy atom. The molecule has 2 heteroatoms. The van der Waals surface area contributed by atoms with Crippen LogP contribution in [0.4, 0.5) is 0 Å². The van der Waals surface area contributed by atoms with Crippen LogP contribution in [-0.4, -0.2) is 36.6 Å². The smallest absolute Gasteiger partial charge is 0.0124 e. The monoisotopic (exact) mass is 236 g/mol. The average molecular weight is 236 g/mol. The maximum absolute atomic E-state index is 3.64. The fraction of sp³-hybridized carbons (Fsp3) is 1.00. The molecule has 3 rings (SSSR count). The maximum Gasteiger partial charge on any atom is 0.0124 e. The SMILES string of the molecule is C1CNC(CCN2CCCC2C2CCCC2)C1. The van der Waals surface area contributed by atoms with Crippen molar-refractivity contribution in [2.45, 2.75) is 69.9 Å². The van der Waals surface area contributed by atoms with Crippen LogP contribution < -0.4 is 5.32 Å². The zero-order chi connectivity index (χ0) is 11.5. The molecule has 0 aromatic rings. The minimum Gasteiger partial charge on any atom is -0.314 e. The predicted molar refractivity (Wildman–Crippen MR) is 72.2 cm³/mol. The second-order valence-electron chi connectivity index (χ2n) is 6.37. The first-order chi connectivity index (χ1) is 8.43. The molecular weight excluding hydrogens is 208 g/mol. The standard InChI is InChI=1S/C15H28N2/c1-2-6-13(5-1)15-8-4-11-17(15)12-9-14-7-3-10-16-14/h13-16H,1-12H2. The summed E-state index contributed by atoms with van der Waals surface area (Å²) in [5, 5.41) is 3.64. The summed E-state index contributed by atoms with van der Waals surface area (Å²) in [6.45, 7) is 4.00. The fourth-order valence-corrected chi connectivity index (χ4v) is 4.33. The summed E-state index contributed by atoms with van der Waals surface area (Å²) in [6, 6.07) is 1.79. The Hall–Kier alpha value is -0.0800. The molecule has 1 N–H and O–H groups in total. The van der Waals surface area contributed by atoms with Gasteiger partial charge in [0.25, 0.3) is 0 Å². The van der Waals surface area contributed by atoms with Gasteiger partial charge in [0.05, 0.1) is 0 Å². The number of hydrogen-bond donors (Lipinski definition) is 1. The zero-order valence-electron chi connectivity index (χ0n) is 11.2. The number of nitrogens with one attached hydrogen (secondary N) is 1. The normalized spacial score (nSPS) is 36.0. The van der Waals surface area contributed by atoms with Gasteiger partial charge in [-0.3, -0.25) is 0 Å². The van der Waals surface area contributed by atoms with Crippen molar-refractivity contribution in [1.29, 1.82) is 0 Å². The van der Waals surface area contributed by atoms with Crippen molar-refractivity contribution in [3.63, 3.8) is 0 Å². The summed E-state index contributed by atoms with van der Waals surface area (Å²) in [6.07, 6.45) is 13.2. The van der Waals surface area contributed by atoms with Crippen molar-refractivity contribution in [2.24, 2.45) is 5.92 Å². The molecular formula is C15H28N2. The molecule has 2 heterocycles. The van der Waals surface area contributed by atoms with E-state index in [9.17, 15) is 0 Å². The van der Waals surface area contributed by atoms with Crippen molar-refractivity contribution in [3.8, 4) is 0 Å². The highest BCUT2D eigenvalue weighted by molar-refractivity contribution is 4.88. The second-order valence-corrected chi connectivity index (χ2v) is 6.37. The number of nitrogens with zero attached hydrogens (tertiary/aromatic N) is 1. The number of hydrogen-bond acceptors (Lipinski definition) is 2. The van der Waals surface area contributed by atoms with Crippen molar-refractivity contribution >= 4 is 0 Å². The van der Waals surface area contributed by atoms with Crippen LogP contribution in [0.2, 0.25) is 0 Å². The van der Waals surface area contributed by atoms with Gasteiger partial charge in [-0.05, 0) is 70.5 Å². The predicted octanol–water partition coefficient (Wildman–Crippen LogP) is 2.78. The van der Waals surface area contributed by atoms with E-state index in [1.54, 1.807) is 0 Å². The molecule has 2 atom stereocenters. The lowest BCUT2D eigenvalue weighted by Crippen LogP contribution is -2.37. The van der Waals surface area contributed by atoms with Crippen LogP contribution >= 0.6 is 0 Å². The zero-order valence-corrected chi connectivity index (χ0v) is 11.2. The van der Waals surface area contributed by atoms with Gasteiger partial charge in [0.1, 0.15) is 0 Å². The second kappa shape index (κ2) is 5.71. The van der Waals surface area contributed by atoms with Gasteiger partial charge in [0.2, 0.25) is 0 Å². The third kappa shape index (κ3) is 2.85. The molecule has 98 valence electrons. The van der Waals surface area contributed by atoms with E-state index in [1.165, 1.54) is 77.4 Å². The van der Waals surface area contributed by atoms with Gasteiger partial charge in [0, 0.05) is 12.1 Å². The van der Waals surface area contributed by atoms with Gasteiger partial charge >= 0.3 is 0 Å². The van der Waals surface area contributed by atoms with Crippen LogP contribution in [0.25, 0.3) is 0 Å². The molecule has 2 unspecified atom stereocenters. The van der Waals surface area contributed by atoms with Gasteiger partial charge in [-0.1, -0.05) is 12.8 Å². The molecule has 0 radical (unpaired) electrons. The van der Waals surface area contributed by atoms with Gasteiger partial charge in [0.15, 0.2) is 0 Å². The summed E-state index contributed by atoms with van der Waals surface area (Å²) < 4.78 is 0. The van der Waals surface area contributed by atoms with Gasteiger partial charge in [-0.15, -0.1) is 0 Å². The molecule has 0 amide bonds. The maximum atomic E-state index is 3.64. The molecule has 2 aliphatic heterocycles. The van der Waals surface area contributed by atoms with E-state index in [-0.39, 0.29) is 0 Å². The van der Waals surface area contributed by atoms with Crippen molar-refractivity contribution in [2.75, 3.05) is 19.6 Å². The topological polar surface area (TPSA) is 15.3 Å². The Balaban J connectivity index is 1.47. The summed E-state index contributed by atoms with van der Waals surface area (Å²) >= 11 is 0. The fourth-order valence-electron chi connectivity index (χ4n) is 4.33. The molecule has 2 saturated heterocycles. The summed E-state index contributed by atoms with van der Waals surface area (Å²) in [4.78, 5) is 2.83. The van der Waals surface area contributed by atoms with Crippen LogP contribution in [0, 0.1) is 5.92 Å². The lowest BCUT2D eigenvalue weighted by Gasteiger charge is -2.30. The van der Waals surface area contributed by atoms with Gasteiger partial charge < -0.3 is 10.2 Å². The Kier molecular flexibility index (Phi) is 4.02. The van der Waals surface area contributed by atoms with E-state index in [2.05, 4.69) is 10.2 Å². The average Bonchev–Trinajstić information content (AvgIpc) is 3.09. The molecule has 17 heavy (non-hydrogen) atoms. The minimum atomic E-state index is 0.833. The van der Waals surface area contributed by atoms with Gasteiger partial charge in [-0.2, -0.15) is 0 Å². The van der Waals surface area contributed by atoms with Crippen molar-refractivity contribution < 1.29 is 0 Å². The molecule has 0 spiro atoms. The van der Waals surface area contributed by atoms with Gasteiger partial charge in [-0.25, -0.2) is 0 Å². The Morgan fingerprint density at radius 2 is 1.82 bits per heavy atom. The highest BCUT2D eigenvalue weighted by atomic mass is 15.2. The van der Waals surface area contributed by atoms with Crippen LogP contribution in [0.3, 0.4) is 0 Å². The molecule has 0 bridgehead atoms. The molecule has 1 saturated carbocycles. The molecule has 1 aliphatic carbocycles. The first-order valence-electron chi connectivity index (χ1n) is 7.91. The summed E-state index contributed by atoms with van der Waals surface area (Å²) in [5.41, 5.74) is 0. The van der Waals surface area contributed by atoms with Crippen LogP contribution in [0.1, 0.15) is 57.8 Å². The van der Waals surface area contributed by atoms with Crippen molar-refractivity contribution in [3.05, 3.63) is 0 Å². The highest BCUT2D eigenvalue weighted by Crippen LogP contribution is 2.35. The molecule has 2 nitrogen and oxygen atoms in total. The minimum absolute atomic E-state index is 0.833. The Bertz CT molecular complexity index is 229. The number of rotatable bonds is 4. The van der Waals surface area contributed by atoms with E-state index in [4.69, 9.17) is 0 Å². The third-order valence-corrected chi connectivity index (χ3v) is 5.29. The molecule has 0 aromatic carbocycles. The lowest BCUT2D eigenvalue weighted by molar-refractivity contribution is 0.183. The van der Waals surface area contributed by atoms with Crippen LogP contribution in [-0.2, 0) is 0 Å².